The van der Waals surface area contributed by atoms with E-state index in [0.29, 0.717) is 0 Å². The maximum absolute atomic E-state index is 2.57. The molecular formula is C54H42N2. The Bertz CT molecular complexity index is 2930. The van der Waals surface area contributed by atoms with Gasteiger partial charge in [-0.1, -0.05) is 161 Å². The Kier molecular flexibility index (Phi) is 6.98. The minimum atomic E-state index is -0.190. The summed E-state index contributed by atoms with van der Waals surface area (Å²) in [5, 5.41) is 2.52. The zero-order chi connectivity index (χ0) is 37.8. The molecule has 11 rings (SSSR count). The largest absolute Gasteiger partial charge is 0.310 e. The van der Waals surface area contributed by atoms with Crippen LogP contribution in [0.4, 0.5) is 17.1 Å². The van der Waals surface area contributed by atoms with Gasteiger partial charge in [0.1, 0.15) is 0 Å². The maximum Gasteiger partial charge on any atom is 0.0547 e. The van der Waals surface area contributed by atoms with E-state index in [9.17, 15) is 0 Å². The summed E-state index contributed by atoms with van der Waals surface area (Å²) in [4.78, 5) is 2.57. The lowest BCUT2D eigenvalue weighted by Crippen LogP contribution is -2.24. The lowest BCUT2D eigenvalue weighted by atomic mass is 9.80. The quantitative estimate of drug-likeness (QED) is 0.172. The number of anilines is 3. The van der Waals surface area contributed by atoms with E-state index in [4.69, 9.17) is 0 Å². The van der Waals surface area contributed by atoms with Gasteiger partial charge in [-0.15, -0.1) is 0 Å². The topological polar surface area (TPSA) is 8.17 Å². The molecule has 0 radical (unpaired) electrons. The van der Waals surface area contributed by atoms with Crippen LogP contribution in [0.5, 0.6) is 0 Å². The van der Waals surface area contributed by atoms with Gasteiger partial charge in [0.25, 0.3) is 0 Å². The first kappa shape index (κ1) is 32.8. The molecule has 8 aromatic carbocycles. The van der Waals surface area contributed by atoms with Gasteiger partial charge in [-0.05, 0) is 104 Å². The molecular weight excluding hydrogens is 677 g/mol. The molecule has 2 nitrogen and oxygen atoms in total. The van der Waals surface area contributed by atoms with E-state index in [1.807, 2.05) is 0 Å². The van der Waals surface area contributed by atoms with Crippen molar-refractivity contribution < 1.29 is 0 Å². The van der Waals surface area contributed by atoms with Crippen LogP contribution >= 0.6 is 0 Å². The predicted molar refractivity (Wildman–Crippen MR) is 236 cm³/mol. The fourth-order valence-electron chi connectivity index (χ4n) is 10.2. The molecule has 0 aliphatic heterocycles. The Morgan fingerprint density at radius 2 is 0.911 bits per heavy atom. The van der Waals surface area contributed by atoms with Crippen molar-refractivity contribution in [2.45, 2.75) is 38.5 Å². The van der Waals surface area contributed by atoms with E-state index in [0.717, 1.165) is 5.69 Å². The van der Waals surface area contributed by atoms with Crippen molar-refractivity contribution in [3.05, 3.63) is 204 Å². The number of nitrogens with zero attached hydrogens (tertiary/aromatic N) is 2. The minimum Gasteiger partial charge on any atom is -0.310 e. The molecule has 2 aliphatic carbocycles. The molecule has 0 fully saturated rings. The van der Waals surface area contributed by atoms with Crippen LogP contribution in [0.2, 0.25) is 0 Å². The summed E-state index contributed by atoms with van der Waals surface area (Å²) in [7, 11) is 0. The van der Waals surface area contributed by atoms with E-state index < -0.39 is 0 Å². The number of benzene rings is 8. The molecule has 0 unspecified atom stereocenters. The molecule has 9 aromatic rings. The normalized spacial score (nSPS) is 14.4. The van der Waals surface area contributed by atoms with Crippen LogP contribution in [0.15, 0.2) is 182 Å². The van der Waals surface area contributed by atoms with Crippen LogP contribution in [-0.4, -0.2) is 4.57 Å². The zero-order valence-electron chi connectivity index (χ0n) is 32.2. The second-order valence-corrected chi connectivity index (χ2v) is 16.5. The van der Waals surface area contributed by atoms with Gasteiger partial charge in [-0.25, -0.2) is 0 Å². The Labute approximate surface area is 328 Å². The summed E-state index contributed by atoms with van der Waals surface area (Å²) in [6.45, 7) is 9.58. The molecule has 0 saturated heterocycles. The molecule has 0 amide bonds. The highest BCUT2D eigenvalue weighted by Crippen LogP contribution is 2.58. The van der Waals surface area contributed by atoms with Gasteiger partial charge in [0.2, 0.25) is 0 Å². The summed E-state index contributed by atoms with van der Waals surface area (Å²) in [5.74, 6) is 0. The van der Waals surface area contributed by atoms with E-state index in [1.54, 1.807) is 0 Å². The van der Waals surface area contributed by atoms with Crippen molar-refractivity contribution in [1.29, 1.82) is 0 Å². The van der Waals surface area contributed by atoms with Gasteiger partial charge < -0.3 is 9.47 Å². The fourth-order valence-corrected chi connectivity index (χ4v) is 10.2. The van der Waals surface area contributed by atoms with Crippen molar-refractivity contribution in [1.82, 2.24) is 4.57 Å². The lowest BCUT2D eigenvalue weighted by molar-refractivity contribution is 0.656. The molecule has 0 saturated carbocycles. The molecule has 2 aliphatic rings. The third kappa shape index (κ3) is 4.56. The zero-order valence-corrected chi connectivity index (χ0v) is 32.2. The second-order valence-electron chi connectivity index (χ2n) is 16.5. The standard InChI is InChI=1S/C54H42N2/c1-53(2)45-26-11-8-21-39(45)43-24-15-29-48(51(43)53)56(49-30-16-25-44-40-22-9-12-27-46(40)54(3,4)52(44)49)38-20-14-17-35(33-38)36-31-32-42-41-23-10-13-28-47(41)55(50(42)34-36)37-18-6-5-7-19-37/h5-34H,1-4H3. The van der Waals surface area contributed by atoms with Crippen LogP contribution < -0.4 is 4.90 Å². The van der Waals surface area contributed by atoms with Crippen LogP contribution in [0.25, 0.3) is 60.9 Å². The summed E-state index contributed by atoms with van der Waals surface area (Å²) in [5.41, 5.74) is 20.0. The summed E-state index contributed by atoms with van der Waals surface area (Å²) >= 11 is 0. The monoisotopic (exact) mass is 718 g/mol. The van der Waals surface area contributed by atoms with E-state index in [2.05, 4.69) is 219 Å². The Balaban J connectivity index is 1.15. The SMILES string of the molecule is CC1(C)c2ccccc2-c2cccc(N(c3cccc(-c4ccc5c6ccccc6n(-c6ccccc6)c5c4)c3)c3cccc4c3C(C)(C)c3ccccc3-4)c21. The van der Waals surface area contributed by atoms with Crippen molar-refractivity contribution in [2.75, 3.05) is 4.90 Å². The smallest absolute Gasteiger partial charge is 0.0547 e. The number of hydrogen-bond acceptors (Lipinski definition) is 1. The van der Waals surface area contributed by atoms with Crippen molar-refractivity contribution in [3.63, 3.8) is 0 Å². The van der Waals surface area contributed by atoms with Gasteiger partial charge in [-0.2, -0.15) is 0 Å². The third-order valence-corrected chi connectivity index (χ3v) is 12.7. The van der Waals surface area contributed by atoms with Crippen LogP contribution in [0.1, 0.15) is 49.9 Å². The lowest BCUT2D eigenvalue weighted by Gasteiger charge is -2.35. The van der Waals surface area contributed by atoms with Crippen molar-refractivity contribution in [3.8, 4) is 39.1 Å². The van der Waals surface area contributed by atoms with Crippen molar-refractivity contribution >= 4 is 38.9 Å². The van der Waals surface area contributed by atoms with Gasteiger partial charge in [0, 0.05) is 33.0 Å². The van der Waals surface area contributed by atoms with Crippen LogP contribution in [0.3, 0.4) is 0 Å². The highest BCUT2D eigenvalue weighted by molar-refractivity contribution is 6.10. The molecule has 0 spiro atoms. The van der Waals surface area contributed by atoms with Crippen LogP contribution in [0, 0.1) is 0 Å². The number of fused-ring (bicyclic) bond motifs is 9. The highest BCUT2D eigenvalue weighted by atomic mass is 15.2. The summed E-state index contributed by atoms with van der Waals surface area (Å²) in [6.07, 6.45) is 0. The minimum absolute atomic E-state index is 0.190. The predicted octanol–water partition coefficient (Wildman–Crippen LogP) is 14.5. The summed E-state index contributed by atoms with van der Waals surface area (Å²) in [6, 6.07) is 67.5. The number of rotatable bonds is 5. The number of hydrogen-bond donors (Lipinski definition) is 0. The average molecular weight is 719 g/mol. The molecule has 0 N–H and O–H groups in total. The van der Waals surface area contributed by atoms with Gasteiger partial charge in [0.05, 0.1) is 22.4 Å². The molecule has 0 bridgehead atoms. The molecule has 2 heteroatoms. The Hall–Kier alpha value is -6.64. The first-order chi connectivity index (χ1) is 27.3. The summed E-state index contributed by atoms with van der Waals surface area (Å²) < 4.78 is 2.41. The van der Waals surface area contributed by atoms with E-state index in [1.165, 1.54) is 94.5 Å². The molecule has 0 atom stereocenters. The van der Waals surface area contributed by atoms with Gasteiger partial charge >= 0.3 is 0 Å². The van der Waals surface area contributed by atoms with E-state index >= 15 is 0 Å². The number of para-hydroxylation sites is 2. The Morgan fingerprint density at radius 1 is 0.393 bits per heavy atom. The third-order valence-electron chi connectivity index (χ3n) is 12.7. The fraction of sp³-hybridized carbons (Fsp3) is 0.111. The molecule has 268 valence electrons. The van der Waals surface area contributed by atoms with Gasteiger partial charge in [-0.3, -0.25) is 0 Å². The number of aromatic nitrogens is 1. The Morgan fingerprint density at radius 3 is 1.57 bits per heavy atom. The first-order valence-electron chi connectivity index (χ1n) is 19.8. The first-order valence-corrected chi connectivity index (χ1v) is 19.8. The molecule has 1 heterocycles. The van der Waals surface area contributed by atoms with Crippen molar-refractivity contribution in [2.24, 2.45) is 0 Å². The van der Waals surface area contributed by atoms with Crippen LogP contribution in [-0.2, 0) is 10.8 Å². The highest BCUT2D eigenvalue weighted by Gasteiger charge is 2.42. The maximum atomic E-state index is 2.57. The van der Waals surface area contributed by atoms with E-state index in [-0.39, 0.29) is 10.8 Å². The average Bonchev–Trinajstić information content (AvgIpc) is 3.79. The second kappa shape index (κ2) is 11.9. The van der Waals surface area contributed by atoms with Gasteiger partial charge in [0.15, 0.2) is 0 Å². The molecule has 56 heavy (non-hydrogen) atoms. The molecule has 1 aromatic heterocycles.